The molecule has 2 aromatic rings. The lowest BCUT2D eigenvalue weighted by Gasteiger charge is -2.31. The summed E-state index contributed by atoms with van der Waals surface area (Å²) in [6.45, 7) is 2.02. The van der Waals surface area contributed by atoms with E-state index >= 15 is 0 Å². The molecular formula is C12H16BrN5. The SMILES string of the molecule is CNC1CCCN(c2nc3ccc(Br)cn3n2)C1. The number of piperidine rings is 1. The van der Waals surface area contributed by atoms with Crippen molar-refractivity contribution < 1.29 is 0 Å². The monoisotopic (exact) mass is 309 g/mol. The molecule has 0 bridgehead atoms. The summed E-state index contributed by atoms with van der Waals surface area (Å²) in [4.78, 5) is 6.83. The van der Waals surface area contributed by atoms with Crippen molar-refractivity contribution in [2.24, 2.45) is 0 Å². The van der Waals surface area contributed by atoms with Crippen LogP contribution in [0.5, 0.6) is 0 Å². The van der Waals surface area contributed by atoms with Gasteiger partial charge in [0.05, 0.1) is 0 Å². The molecule has 18 heavy (non-hydrogen) atoms. The molecular weight excluding hydrogens is 294 g/mol. The average molecular weight is 310 g/mol. The molecule has 3 heterocycles. The topological polar surface area (TPSA) is 45.5 Å². The zero-order chi connectivity index (χ0) is 12.5. The van der Waals surface area contributed by atoms with Crippen molar-refractivity contribution in [1.82, 2.24) is 19.9 Å². The molecule has 0 aliphatic carbocycles. The van der Waals surface area contributed by atoms with Gasteiger partial charge in [0, 0.05) is 29.8 Å². The van der Waals surface area contributed by atoms with E-state index in [9.17, 15) is 0 Å². The summed E-state index contributed by atoms with van der Waals surface area (Å²) in [7, 11) is 2.02. The predicted octanol–water partition coefficient (Wildman–Crippen LogP) is 1.68. The molecule has 5 nitrogen and oxygen atoms in total. The van der Waals surface area contributed by atoms with Gasteiger partial charge in [-0.3, -0.25) is 0 Å². The molecule has 1 aliphatic rings. The Balaban J connectivity index is 1.89. The highest BCUT2D eigenvalue weighted by atomic mass is 79.9. The zero-order valence-corrected chi connectivity index (χ0v) is 11.9. The van der Waals surface area contributed by atoms with E-state index in [2.05, 4.69) is 36.2 Å². The van der Waals surface area contributed by atoms with Crippen LogP contribution in [0.25, 0.3) is 5.65 Å². The molecule has 2 aromatic heterocycles. The van der Waals surface area contributed by atoms with Gasteiger partial charge in [-0.25, -0.2) is 4.52 Å². The number of pyridine rings is 1. The van der Waals surface area contributed by atoms with Gasteiger partial charge in [0.25, 0.3) is 0 Å². The minimum atomic E-state index is 0.539. The number of likely N-dealkylation sites (N-methyl/N-ethyl adjacent to an activating group) is 1. The predicted molar refractivity (Wildman–Crippen MR) is 75.0 cm³/mol. The Hall–Kier alpha value is -1.14. The lowest BCUT2D eigenvalue weighted by Crippen LogP contribution is -2.44. The summed E-state index contributed by atoms with van der Waals surface area (Å²) in [5.41, 5.74) is 0.889. The van der Waals surface area contributed by atoms with Gasteiger partial charge < -0.3 is 10.2 Å². The number of rotatable bonds is 2. The molecule has 0 amide bonds. The van der Waals surface area contributed by atoms with Gasteiger partial charge in [-0.2, -0.15) is 4.98 Å². The Morgan fingerprint density at radius 1 is 1.44 bits per heavy atom. The van der Waals surface area contributed by atoms with Crippen molar-refractivity contribution in [3.8, 4) is 0 Å². The van der Waals surface area contributed by atoms with Crippen LogP contribution in [0.15, 0.2) is 22.8 Å². The third-order valence-corrected chi connectivity index (χ3v) is 3.87. The highest BCUT2D eigenvalue weighted by Gasteiger charge is 2.21. The van der Waals surface area contributed by atoms with Crippen LogP contribution < -0.4 is 10.2 Å². The summed E-state index contributed by atoms with van der Waals surface area (Å²) >= 11 is 3.45. The minimum absolute atomic E-state index is 0.539. The first-order valence-corrected chi connectivity index (χ1v) is 7.00. The van der Waals surface area contributed by atoms with E-state index < -0.39 is 0 Å². The normalized spacial score (nSPS) is 20.6. The van der Waals surface area contributed by atoms with Gasteiger partial charge in [-0.15, -0.1) is 5.10 Å². The van der Waals surface area contributed by atoms with E-state index in [0.717, 1.165) is 29.2 Å². The van der Waals surface area contributed by atoms with Gasteiger partial charge >= 0.3 is 0 Å². The van der Waals surface area contributed by atoms with E-state index in [4.69, 9.17) is 0 Å². The lowest BCUT2D eigenvalue weighted by atomic mass is 10.1. The van der Waals surface area contributed by atoms with Crippen molar-refractivity contribution in [2.75, 3.05) is 25.0 Å². The van der Waals surface area contributed by atoms with Gasteiger partial charge in [-0.1, -0.05) is 0 Å². The molecule has 0 aromatic carbocycles. The van der Waals surface area contributed by atoms with E-state index in [1.165, 1.54) is 12.8 Å². The molecule has 6 heteroatoms. The summed E-state index contributed by atoms with van der Waals surface area (Å²) < 4.78 is 2.83. The fourth-order valence-corrected chi connectivity index (χ4v) is 2.70. The lowest BCUT2D eigenvalue weighted by molar-refractivity contribution is 0.445. The number of aromatic nitrogens is 3. The van der Waals surface area contributed by atoms with E-state index in [1.54, 1.807) is 0 Å². The van der Waals surface area contributed by atoms with Crippen LogP contribution in [0, 0.1) is 0 Å². The Bertz CT molecular complexity index is 552. The smallest absolute Gasteiger partial charge is 0.245 e. The van der Waals surface area contributed by atoms with Crippen LogP contribution in [0.3, 0.4) is 0 Å². The summed E-state index contributed by atoms with van der Waals surface area (Å²) in [5, 5.41) is 7.87. The maximum Gasteiger partial charge on any atom is 0.245 e. The number of anilines is 1. The molecule has 1 atom stereocenters. The van der Waals surface area contributed by atoms with Gasteiger partial charge in [0.1, 0.15) is 0 Å². The highest BCUT2D eigenvalue weighted by molar-refractivity contribution is 9.10. The highest BCUT2D eigenvalue weighted by Crippen LogP contribution is 2.18. The van der Waals surface area contributed by atoms with Crippen molar-refractivity contribution in [1.29, 1.82) is 0 Å². The number of halogens is 1. The summed E-state index contributed by atoms with van der Waals surface area (Å²) in [6, 6.07) is 4.50. The van der Waals surface area contributed by atoms with Crippen LogP contribution in [0.4, 0.5) is 5.95 Å². The van der Waals surface area contributed by atoms with Crippen LogP contribution in [0.1, 0.15) is 12.8 Å². The number of hydrogen-bond donors (Lipinski definition) is 1. The molecule has 1 unspecified atom stereocenters. The second kappa shape index (κ2) is 4.85. The third kappa shape index (κ3) is 2.22. The largest absolute Gasteiger partial charge is 0.338 e. The third-order valence-electron chi connectivity index (χ3n) is 3.40. The number of nitrogens with one attached hydrogen (secondary N) is 1. The van der Waals surface area contributed by atoms with E-state index in [-0.39, 0.29) is 0 Å². The maximum absolute atomic E-state index is 4.58. The Labute approximate surface area is 114 Å². The number of nitrogens with zero attached hydrogens (tertiary/aromatic N) is 4. The fourth-order valence-electron chi connectivity index (χ4n) is 2.37. The molecule has 1 fully saturated rings. The molecule has 0 saturated carbocycles. The van der Waals surface area contributed by atoms with Crippen molar-refractivity contribution in [3.63, 3.8) is 0 Å². The first-order valence-electron chi connectivity index (χ1n) is 6.20. The molecule has 0 spiro atoms. The number of fused-ring (bicyclic) bond motifs is 1. The quantitative estimate of drug-likeness (QED) is 0.917. The molecule has 1 saturated heterocycles. The van der Waals surface area contributed by atoms with Gasteiger partial charge in [0.2, 0.25) is 5.95 Å². The minimum Gasteiger partial charge on any atom is -0.338 e. The Kier molecular flexibility index (Phi) is 3.22. The molecule has 1 aliphatic heterocycles. The van der Waals surface area contributed by atoms with Crippen molar-refractivity contribution in [2.45, 2.75) is 18.9 Å². The van der Waals surface area contributed by atoms with Gasteiger partial charge in [0.15, 0.2) is 5.65 Å². The van der Waals surface area contributed by atoms with E-state index in [1.807, 2.05) is 29.9 Å². The average Bonchev–Trinajstić information content (AvgIpc) is 2.81. The molecule has 1 N–H and O–H groups in total. The van der Waals surface area contributed by atoms with Crippen molar-refractivity contribution in [3.05, 3.63) is 22.8 Å². The second-order valence-corrected chi connectivity index (χ2v) is 5.55. The molecule has 3 rings (SSSR count). The molecule has 0 radical (unpaired) electrons. The maximum atomic E-state index is 4.58. The summed E-state index contributed by atoms with van der Waals surface area (Å²) in [6.07, 6.45) is 4.35. The Morgan fingerprint density at radius 3 is 3.17 bits per heavy atom. The van der Waals surface area contributed by atoms with Crippen LogP contribution in [0.2, 0.25) is 0 Å². The number of hydrogen-bond acceptors (Lipinski definition) is 4. The standard InChI is InChI=1S/C12H16BrN5/c1-14-10-3-2-6-17(8-10)12-15-11-5-4-9(13)7-18(11)16-12/h4-5,7,10,14H,2-3,6,8H2,1H3. The van der Waals surface area contributed by atoms with Crippen LogP contribution in [-0.4, -0.2) is 40.8 Å². The zero-order valence-electron chi connectivity index (χ0n) is 10.3. The second-order valence-electron chi connectivity index (χ2n) is 4.64. The fraction of sp³-hybridized carbons (Fsp3) is 0.500. The van der Waals surface area contributed by atoms with Crippen molar-refractivity contribution >= 4 is 27.5 Å². The van der Waals surface area contributed by atoms with Crippen LogP contribution >= 0.6 is 15.9 Å². The van der Waals surface area contributed by atoms with Gasteiger partial charge in [-0.05, 0) is 48.0 Å². The first-order chi connectivity index (χ1) is 8.76. The molecule has 96 valence electrons. The first kappa shape index (κ1) is 11.9. The summed E-state index contributed by atoms with van der Waals surface area (Å²) in [5.74, 6) is 0.827. The van der Waals surface area contributed by atoms with E-state index in [0.29, 0.717) is 6.04 Å². The Morgan fingerprint density at radius 2 is 2.33 bits per heavy atom. The van der Waals surface area contributed by atoms with Crippen LogP contribution in [-0.2, 0) is 0 Å².